The van der Waals surface area contributed by atoms with Crippen LogP contribution in [0.4, 0.5) is 4.79 Å². The summed E-state index contributed by atoms with van der Waals surface area (Å²) in [7, 11) is 3.07. The smallest absolute Gasteiger partial charge is 0.326 e. The highest BCUT2D eigenvalue weighted by atomic mass is 28.3. The maximum atomic E-state index is 13.6. The van der Waals surface area contributed by atoms with Gasteiger partial charge in [0.15, 0.2) is 0 Å². The van der Waals surface area contributed by atoms with Crippen LogP contribution in [0.2, 0.25) is 25.7 Å². The second-order valence-electron chi connectivity index (χ2n) is 13.0. The fraction of sp³-hybridized carbons (Fsp3) is 0.714. The lowest BCUT2D eigenvalue weighted by Gasteiger charge is -2.50. The first-order chi connectivity index (χ1) is 16.7. The third kappa shape index (κ3) is 6.69. The van der Waals surface area contributed by atoms with Gasteiger partial charge in [0.2, 0.25) is 0 Å². The van der Waals surface area contributed by atoms with Crippen LogP contribution in [0.3, 0.4) is 0 Å². The van der Waals surface area contributed by atoms with Crippen LogP contribution >= 0.6 is 0 Å². The van der Waals surface area contributed by atoms with Gasteiger partial charge < -0.3 is 14.4 Å². The molecule has 0 radical (unpaired) electrons. The number of ether oxygens (including phenoxy) is 2. The van der Waals surface area contributed by atoms with Crippen LogP contribution in [-0.2, 0) is 19.8 Å². The Morgan fingerprint density at radius 2 is 1.67 bits per heavy atom. The maximum absolute atomic E-state index is 13.6. The Labute approximate surface area is 219 Å². The largest absolute Gasteiger partial charge is 0.459 e. The summed E-state index contributed by atoms with van der Waals surface area (Å²) in [6.07, 6.45) is 3.58. The number of urea groups is 1. The van der Waals surface area contributed by atoms with Gasteiger partial charge in [-0.1, -0.05) is 50.0 Å². The minimum Gasteiger partial charge on any atom is -0.459 e. The highest BCUT2D eigenvalue weighted by Gasteiger charge is 2.55. The maximum Gasteiger partial charge on any atom is 0.326 e. The molecular formula is C28H47N3O4Si. The van der Waals surface area contributed by atoms with E-state index >= 15 is 0 Å². The summed E-state index contributed by atoms with van der Waals surface area (Å²) in [6.45, 7) is 14.0. The molecule has 8 heteroatoms. The zero-order chi connectivity index (χ0) is 26.8. The molecule has 2 fully saturated rings. The lowest BCUT2D eigenvalue weighted by atomic mass is 9.68. The monoisotopic (exact) mass is 517 g/mol. The summed E-state index contributed by atoms with van der Waals surface area (Å²) in [4.78, 5) is 32.1. The topological polar surface area (TPSA) is 62.3 Å². The molecule has 0 bridgehead atoms. The van der Waals surface area contributed by atoms with Crippen molar-refractivity contribution in [3.05, 3.63) is 35.9 Å². The van der Waals surface area contributed by atoms with Crippen molar-refractivity contribution in [2.75, 3.05) is 40.5 Å². The molecule has 2 aliphatic rings. The molecular weight excluding hydrogens is 470 g/mol. The molecule has 7 nitrogen and oxygen atoms in total. The van der Waals surface area contributed by atoms with Gasteiger partial charge in [-0.2, -0.15) is 0 Å². The Morgan fingerprint density at radius 1 is 1.06 bits per heavy atom. The van der Waals surface area contributed by atoms with E-state index in [1.807, 2.05) is 25.7 Å². The zero-order valence-corrected chi connectivity index (χ0v) is 24.7. The summed E-state index contributed by atoms with van der Waals surface area (Å²) < 4.78 is 11.6. The molecule has 1 aromatic rings. The van der Waals surface area contributed by atoms with E-state index in [-0.39, 0.29) is 36.4 Å². The summed E-state index contributed by atoms with van der Waals surface area (Å²) in [5.41, 5.74) is 0.325. The Kier molecular flexibility index (Phi) is 8.63. The van der Waals surface area contributed by atoms with E-state index in [9.17, 15) is 9.59 Å². The number of carbonyl (C=O) groups excluding carboxylic acids is 2. The van der Waals surface area contributed by atoms with Crippen LogP contribution in [0.5, 0.6) is 0 Å². The molecule has 202 valence electrons. The average Bonchev–Trinajstić information content (AvgIpc) is 3.01. The lowest BCUT2D eigenvalue weighted by molar-refractivity contribution is -0.155. The highest BCUT2D eigenvalue weighted by Crippen LogP contribution is 2.48. The van der Waals surface area contributed by atoms with Crippen LogP contribution in [0.1, 0.15) is 52.0 Å². The third-order valence-corrected chi connectivity index (χ3v) is 9.40. The van der Waals surface area contributed by atoms with Gasteiger partial charge in [-0.15, -0.1) is 0 Å². The molecule has 1 aromatic carbocycles. The minimum atomic E-state index is -1.23. The van der Waals surface area contributed by atoms with Crippen LogP contribution < -0.4 is 0 Å². The third-order valence-electron chi connectivity index (χ3n) is 7.69. The summed E-state index contributed by atoms with van der Waals surface area (Å²) >= 11 is 0. The van der Waals surface area contributed by atoms with Crippen LogP contribution in [0.25, 0.3) is 0 Å². The van der Waals surface area contributed by atoms with Crippen molar-refractivity contribution in [2.24, 2.45) is 0 Å². The Bertz CT molecular complexity index is 900. The number of nitrogens with zero attached hydrogens (tertiary/aromatic N) is 3. The second-order valence-corrected chi connectivity index (χ2v) is 18.6. The molecule has 1 saturated carbocycles. The lowest BCUT2D eigenvalue weighted by Crippen LogP contribution is -2.55. The van der Waals surface area contributed by atoms with Crippen molar-refractivity contribution in [2.45, 2.75) is 88.8 Å². The average molecular weight is 518 g/mol. The van der Waals surface area contributed by atoms with Gasteiger partial charge in [0, 0.05) is 26.8 Å². The number of esters is 1. The first-order valence-electron chi connectivity index (χ1n) is 13.3. The number of carbonyl (C=O) groups is 2. The van der Waals surface area contributed by atoms with E-state index in [4.69, 9.17) is 9.47 Å². The molecule has 1 spiro atoms. The predicted molar refractivity (Wildman–Crippen MR) is 147 cm³/mol. The highest BCUT2D eigenvalue weighted by molar-refractivity contribution is 6.76. The van der Waals surface area contributed by atoms with Gasteiger partial charge in [0.1, 0.15) is 18.9 Å². The summed E-state index contributed by atoms with van der Waals surface area (Å²) in [5, 5.41) is 0. The normalized spacial score (nSPS) is 25.2. The van der Waals surface area contributed by atoms with Crippen molar-refractivity contribution in [1.29, 1.82) is 0 Å². The van der Waals surface area contributed by atoms with E-state index < -0.39 is 13.7 Å². The van der Waals surface area contributed by atoms with Gasteiger partial charge in [0.25, 0.3) is 0 Å². The number of amides is 2. The molecule has 0 atom stereocenters. The number of hydrogen-bond acceptors (Lipinski definition) is 5. The first kappa shape index (κ1) is 28.7. The standard InChI is InChI=1S/C28H47N3O4Si/c1-26(2,3)35-24(32)20-30-21-27(31(25(30)33)22-34-18-19-36(6,7)8)14-16-28(17-15-27,29(4)5)23-12-10-9-11-13-23/h9-13H,14-22H2,1-8H3. The fourth-order valence-electron chi connectivity index (χ4n) is 5.56. The number of rotatable bonds is 9. The fourth-order valence-corrected chi connectivity index (χ4v) is 6.32. The molecule has 2 amide bonds. The molecule has 1 aliphatic heterocycles. The van der Waals surface area contributed by atoms with E-state index in [2.05, 4.69) is 69.0 Å². The Balaban J connectivity index is 1.80. The van der Waals surface area contributed by atoms with Crippen molar-refractivity contribution in [1.82, 2.24) is 14.7 Å². The molecule has 0 aromatic heterocycles. The quantitative estimate of drug-likeness (QED) is 0.258. The summed E-state index contributed by atoms with van der Waals surface area (Å²) in [5.74, 6) is -0.366. The van der Waals surface area contributed by atoms with E-state index in [1.54, 1.807) is 4.90 Å². The van der Waals surface area contributed by atoms with Crippen LogP contribution in [-0.4, -0.2) is 86.4 Å². The van der Waals surface area contributed by atoms with Crippen molar-refractivity contribution in [3.63, 3.8) is 0 Å². The Morgan fingerprint density at radius 3 is 2.19 bits per heavy atom. The van der Waals surface area contributed by atoms with Gasteiger partial charge >= 0.3 is 12.0 Å². The first-order valence-corrected chi connectivity index (χ1v) is 17.0. The zero-order valence-electron chi connectivity index (χ0n) is 23.7. The molecule has 0 unspecified atom stereocenters. The summed E-state index contributed by atoms with van der Waals surface area (Å²) in [6, 6.07) is 11.6. The van der Waals surface area contributed by atoms with Gasteiger partial charge in [-0.05, 0) is 72.2 Å². The van der Waals surface area contributed by atoms with Crippen LogP contribution in [0, 0.1) is 0 Å². The van der Waals surface area contributed by atoms with E-state index in [0.29, 0.717) is 13.2 Å². The van der Waals surface area contributed by atoms with Crippen LogP contribution in [0.15, 0.2) is 30.3 Å². The van der Waals surface area contributed by atoms with Gasteiger partial charge in [-0.25, -0.2) is 4.79 Å². The SMILES string of the molecule is CN(C)C1(c2ccccc2)CCC2(CC1)CN(CC(=O)OC(C)(C)C)C(=O)N2COCC[Si](C)(C)C. The number of benzene rings is 1. The van der Waals surface area contributed by atoms with Gasteiger partial charge in [0.05, 0.1) is 5.54 Å². The predicted octanol–water partition coefficient (Wildman–Crippen LogP) is 5.15. The number of hydrogen-bond donors (Lipinski definition) is 0. The van der Waals surface area contributed by atoms with Crippen molar-refractivity contribution >= 4 is 20.1 Å². The second kappa shape index (κ2) is 10.8. The molecule has 1 saturated heterocycles. The molecule has 36 heavy (non-hydrogen) atoms. The minimum absolute atomic E-state index is 0.0270. The molecule has 0 N–H and O–H groups in total. The van der Waals surface area contributed by atoms with E-state index in [0.717, 1.165) is 31.7 Å². The van der Waals surface area contributed by atoms with Gasteiger partial charge in [-0.3, -0.25) is 14.6 Å². The Hall–Kier alpha value is -1.90. The molecule has 1 aliphatic carbocycles. The van der Waals surface area contributed by atoms with E-state index in [1.165, 1.54) is 5.56 Å². The molecule has 3 rings (SSSR count). The van der Waals surface area contributed by atoms with Crippen molar-refractivity contribution in [3.8, 4) is 0 Å². The van der Waals surface area contributed by atoms with Crippen molar-refractivity contribution < 1.29 is 19.1 Å². The molecule has 1 heterocycles.